The largest absolute Gasteiger partial charge is 0.491 e. The van der Waals surface area contributed by atoms with Crippen LogP contribution in [0, 0.1) is 0 Å². The Morgan fingerprint density at radius 2 is 1.68 bits per heavy atom. The molecule has 0 saturated carbocycles. The van der Waals surface area contributed by atoms with Gasteiger partial charge in [0.2, 0.25) is 0 Å². The van der Waals surface area contributed by atoms with E-state index in [0.717, 1.165) is 5.56 Å². The third-order valence-corrected chi connectivity index (χ3v) is 2.72. The fourth-order valence-electron chi connectivity index (χ4n) is 1.57. The van der Waals surface area contributed by atoms with Gasteiger partial charge < -0.3 is 19.7 Å². The van der Waals surface area contributed by atoms with Gasteiger partial charge in [-0.15, -0.1) is 0 Å². The van der Waals surface area contributed by atoms with E-state index in [4.69, 9.17) is 9.47 Å². The Morgan fingerprint density at radius 1 is 1.05 bits per heavy atom. The van der Waals surface area contributed by atoms with Gasteiger partial charge in [0.25, 0.3) is 0 Å². The summed E-state index contributed by atoms with van der Waals surface area (Å²) >= 11 is 0. The second-order valence-corrected chi connectivity index (χ2v) is 4.84. The normalized spacial score (nSPS) is 14.4. The zero-order valence-electron chi connectivity index (χ0n) is 11.9. The van der Waals surface area contributed by atoms with E-state index in [1.807, 2.05) is 32.9 Å². The molecular formula is C15H24O4. The highest BCUT2D eigenvalue weighted by Crippen LogP contribution is 2.19. The Kier molecular flexibility index (Phi) is 6.84. The molecule has 19 heavy (non-hydrogen) atoms. The van der Waals surface area contributed by atoms with Gasteiger partial charge in [-0.1, -0.05) is 19.1 Å². The van der Waals surface area contributed by atoms with Gasteiger partial charge in [-0.05, 0) is 38.0 Å². The Balaban J connectivity index is 2.37. The van der Waals surface area contributed by atoms with Crippen LogP contribution < -0.4 is 4.74 Å². The molecule has 0 saturated heterocycles. The molecule has 0 aliphatic rings. The second kappa shape index (κ2) is 8.15. The van der Waals surface area contributed by atoms with Crippen molar-refractivity contribution < 1.29 is 19.7 Å². The van der Waals surface area contributed by atoms with Crippen LogP contribution in [0.1, 0.15) is 38.9 Å². The number of ether oxygens (including phenoxy) is 2. The lowest BCUT2D eigenvalue weighted by Gasteiger charge is -2.15. The summed E-state index contributed by atoms with van der Waals surface area (Å²) in [5, 5.41) is 19.3. The second-order valence-electron chi connectivity index (χ2n) is 4.84. The molecule has 4 heteroatoms. The molecule has 0 aliphatic heterocycles. The maximum Gasteiger partial charge on any atom is 0.119 e. The number of aliphatic hydroxyl groups excluding tert-OH is 2. The summed E-state index contributed by atoms with van der Waals surface area (Å²) in [7, 11) is 0. The van der Waals surface area contributed by atoms with Crippen LogP contribution in [0.15, 0.2) is 24.3 Å². The SMILES string of the molecule is CC[C@@H](O)c1ccc(OCC(O)COC(C)C)cc1. The highest BCUT2D eigenvalue weighted by molar-refractivity contribution is 5.28. The fraction of sp³-hybridized carbons (Fsp3) is 0.600. The number of aliphatic hydroxyl groups is 2. The molecule has 108 valence electrons. The van der Waals surface area contributed by atoms with Gasteiger partial charge in [0, 0.05) is 0 Å². The van der Waals surface area contributed by atoms with Gasteiger partial charge in [-0.3, -0.25) is 0 Å². The van der Waals surface area contributed by atoms with Gasteiger partial charge >= 0.3 is 0 Å². The summed E-state index contributed by atoms with van der Waals surface area (Å²) in [6.07, 6.45) is -0.280. The number of hydrogen-bond acceptors (Lipinski definition) is 4. The Labute approximate surface area is 115 Å². The number of rotatable bonds is 8. The van der Waals surface area contributed by atoms with Crippen molar-refractivity contribution in [2.75, 3.05) is 13.2 Å². The summed E-state index contributed by atoms with van der Waals surface area (Å²) in [5.41, 5.74) is 0.874. The lowest BCUT2D eigenvalue weighted by molar-refractivity contribution is -0.0122. The van der Waals surface area contributed by atoms with Crippen LogP contribution in [0.4, 0.5) is 0 Å². The van der Waals surface area contributed by atoms with E-state index >= 15 is 0 Å². The van der Waals surface area contributed by atoms with Gasteiger partial charge in [-0.2, -0.15) is 0 Å². The lowest BCUT2D eigenvalue weighted by atomic mass is 10.1. The summed E-state index contributed by atoms with van der Waals surface area (Å²) in [6.45, 7) is 6.24. The zero-order valence-corrected chi connectivity index (χ0v) is 11.9. The van der Waals surface area contributed by atoms with E-state index < -0.39 is 12.2 Å². The van der Waals surface area contributed by atoms with Crippen molar-refractivity contribution in [1.82, 2.24) is 0 Å². The molecular weight excluding hydrogens is 244 g/mol. The molecule has 1 rings (SSSR count). The zero-order chi connectivity index (χ0) is 14.3. The van der Waals surface area contributed by atoms with E-state index in [1.54, 1.807) is 12.1 Å². The Morgan fingerprint density at radius 3 is 2.21 bits per heavy atom. The van der Waals surface area contributed by atoms with Crippen molar-refractivity contribution in [3.63, 3.8) is 0 Å². The average Bonchev–Trinajstić information content (AvgIpc) is 2.42. The molecule has 0 radical (unpaired) electrons. The minimum absolute atomic E-state index is 0.101. The molecule has 0 aromatic heterocycles. The Hall–Kier alpha value is -1.10. The minimum atomic E-state index is -0.636. The monoisotopic (exact) mass is 268 g/mol. The average molecular weight is 268 g/mol. The number of hydrogen-bond donors (Lipinski definition) is 2. The van der Waals surface area contributed by atoms with Crippen LogP contribution in [0.2, 0.25) is 0 Å². The van der Waals surface area contributed by atoms with Crippen LogP contribution in [-0.4, -0.2) is 35.6 Å². The van der Waals surface area contributed by atoms with Crippen LogP contribution in [0.3, 0.4) is 0 Å². The van der Waals surface area contributed by atoms with Crippen LogP contribution in [0.5, 0.6) is 5.75 Å². The third kappa shape index (κ3) is 6.05. The molecule has 0 aliphatic carbocycles. The molecule has 2 N–H and O–H groups in total. The molecule has 2 atom stereocenters. The first-order chi connectivity index (χ1) is 9.02. The van der Waals surface area contributed by atoms with Crippen molar-refractivity contribution in [1.29, 1.82) is 0 Å². The van der Waals surface area contributed by atoms with Gasteiger partial charge in [0.1, 0.15) is 18.5 Å². The molecule has 0 amide bonds. The molecule has 1 aromatic carbocycles. The molecule has 0 spiro atoms. The molecule has 1 unspecified atom stereocenters. The van der Waals surface area contributed by atoms with E-state index in [2.05, 4.69) is 0 Å². The first kappa shape index (κ1) is 16.0. The van der Waals surface area contributed by atoms with E-state index in [9.17, 15) is 10.2 Å². The van der Waals surface area contributed by atoms with Crippen molar-refractivity contribution in [3.8, 4) is 5.75 Å². The summed E-state index contributed by atoms with van der Waals surface area (Å²) < 4.78 is 10.8. The highest BCUT2D eigenvalue weighted by Gasteiger charge is 2.08. The van der Waals surface area contributed by atoms with Crippen molar-refractivity contribution >= 4 is 0 Å². The topological polar surface area (TPSA) is 58.9 Å². The summed E-state index contributed by atoms with van der Waals surface area (Å²) in [4.78, 5) is 0. The standard InChI is InChI=1S/C15H24O4/c1-4-15(17)12-5-7-14(8-6-12)19-10-13(16)9-18-11(2)3/h5-8,11,13,15-17H,4,9-10H2,1-3H3/t13?,15-/m1/s1. The molecule has 0 fully saturated rings. The van der Waals surface area contributed by atoms with E-state index in [-0.39, 0.29) is 19.3 Å². The van der Waals surface area contributed by atoms with E-state index in [0.29, 0.717) is 12.2 Å². The fourth-order valence-corrected chi connectivity index (χ4v) is 1.57. The maximum atomic E-state index is 9.66. The van der Waals surface area contributed by atoms with Crippen LogP contribution in [-0.2, 0) is 4.74 Å². The van der Waals surface area contributed by atoms with Gasteiger partial charge in [0.15, 0.2) is 0 Å². The van der Waals surface area contributed by atoms with Crippen molar-refractivity contribution in [2.24, 2.45) is 0 Å². The van der Waals surface area contributed by atoms with Gasteiger partial charge in [0.05, 0.1) is 18.8 Å². The van der Waals surface area contributed by atoms with Crippen LogP contribution in [0.25, 0.3) is 0 Å². The van der Waals surface area contributed by atoms with Crippen molar-refractivity contribution in [3.05, 3.63) is 29.8 Å². The number of benzene rings is 1. The smallest absolute Gasteiger partial charge is 0.119 e. The lowest BCUT2D eigenvalue weighted by Crippen LogP contribution is -2.25. The first-order valence-electron chi connectivity index (χ1n) is 6.73. The highest BCUT2D eigenvalue weighted by atomic mass is 16.5. The predicted octanol–water partition coefficient (Wildman–Crippen LogP) is 2.29. The molecule has 4 nitrogen and oxygen atoms in total. The quantitative estimate of drug-likeness (QED) is 0.759. The minimum Gasteiger partial charge on any atom is -0.491 e. The molecule has 0 bridgehead atoms. The summed E-state index contributed by atoms with van der Waals surface area (Å²) in [5.74, 6) is 0.677. The van der Waals surface area contributed by atoms with Gasteiger partial charge in [-0.25, -0.2) is 0 Å². The Bertz CT molecular complexity index is 348. The van der Waals surface area contributed by atoms with Crippen molar-refractivity contribution in [2.45, 2.75) is 45.5 Å². The summed E-state index contributed by atoms with van der Waals surface area (Å²) in [6, 6.07) is 7.26. The van der Waals surface area contributed by atoms with Crippen LogP contribution >= 0.6 is 0 Å². The molecule has 0 heterocycles. The predicted molar refractivity (Wildman–Crippen MR) is 74.3 cm³/mol. The first-order valence-corrected chi connectivity index (χ1v) is 6.73. The maximum absolute atomic E-state index is 9.66. The third-order valence-electron chi connectivity index (χ3n) is 2.72. The van der Waals surface area contributed by atoms with E-state index in [1.165, 1.54) is 0 Å². The molecule has 1 aromatic rings.